The maximum Gasteiger partial charge on any atom is 0.220 e. The Labute approximate surface area is 109 Å². The van der Waals surface area contributed by atoms with Crippen LogP contribution in [0.5, 0.6) is 0 Å². The summed E-state index contributed by atoms with van der Waals surface area (Å²) in [5.74, 6) is 0.809. The average Bonchev–Trinajstić information content (AvgIpc) is 2.31. The van der Waals surface area contributed by atoms with Crippen LogP contribution in [-0.4, -0.2) is 34.7 Å². The predicted molar refractivity (Wildman–Crippen MR) is 68.5 cm³/mol. The van der Waals surface area contributed by atoms with Gasteiger partial charge in [0.2, 0.25) is 5.91 Å². The monoisotopic (exact) mass is 272 g/mol. The number of amides is 1. The van der Waals surface area contributed by atoms with Crippen molar-refractivity contribution in [2.45, 2.75) is 24.0 Å². The quantitative estimate of drug-likeness (QED) is 0.496. The number of halogens is 1. The summed E-state index contributed by atoms with van der Waals surface area (Å²) in [6, 6.07) is 1.89. The zero-order chi connectivity index (χ0) is 12.3. The third-order valence-electron chi connectivity index (χ3n) is 2.47. The van der Waals surface area contributed by atoms with E-state index in [1.54, 1.807) is 6.07 Å². The molecule has 2 N–H and O–H groups in total. The van der Waals surface area contributed by atoms with Crippen molar-refractivity contribution in [3.05, 3.63) is 11.2 Å². The lowest BCUT2D eigenvalue weighted by atomic mass is 10.1. The summed E-state index contributed by atoms with van der Waals surface area (Å²) >= 11 is 7.34. The molecule has 1 aromatic rings. The van der Waals surface area contributed by atoms with E-state index in [0.717, 1.165) is 6.42 Å². The van der Waals surface area contributed by atoms with Crippen molar-refractivity contribution in [1.29, 1.82) is 0 Å². The molecule has 1 amide bonds. The molecule has 1 aromatic heterocycles. The average molecular weight is 273 g/mol. The van der Waals surface area contributed by atoms with Gasteiger partial charge in [0.15, 0.2) is 5.16 Å². The topological polar surface area (TPSA) is 66.9 Å². The lowest BCUT2D eigenvalue weighted by Crippen LogP contribution is -2.42. The van der Waals surface area contributed by atoms with Crippen molar-refractivity contribution in [1.82, 2.24) is 15.3 Å². The standard InChI is InChI=1S/C10H13ClN4OS/c1-17-10-14-7(11)4-8(15-10)13-6-2-3-9(16)12-5-6/h4,6H,2-3,5H2,1H3,(H,12,16)(H,13,14,15). The molecule has 0 saturated carbocycles. The normalized spacial score (nSPS) is 19.9. The predicted octanol–water partition coefficient (Wildman–Crippen LogP) is 1.54. The number of piperidine rings is 1. The van der Waals surface area contributed by atoms with Gasteiger partial charge in [0.1, 0.15) is 11.0 Å². The number of carbonyl (C=O) groups is 1. The van der Waals surface area contributed by atoms with Gasteiger partial charge in [-0.3, -0.25) is 4.79 Å². The van der Waals surface area contributed by atoms with Crippen LogP contribution in [0.2, 0.25) is 5.15 Å². The number of anilines is 1. The Kier molecular flexibility index (Phi) is 4.06. The van der Waals surface area contributed by atoms with Crippen molar-refractivity contribution < 1.29 is 4.79 Å². The highest BCUT2D eigenvalue weighted by Gasteiger charge is 2.18. The number of rotatable bonds is 3. The maximum atomic E-state index is 11.0. The van der Waals surface area contributed by atoms with Crippen LogP contribution < -0.4 is 10.6 Å². The van der Waals surface area contributed by atoms with Crippen molar-refractivity contribution in [3.8, 4) is 0 Å². The third kappa shape index (κ3) is 3.47. The lowest BCUT2D eigenvalue weighted by molar-refractivity contribution is -0.122. The molecule has 2 heterocycles. The second-order valence-corrected chi connectivity index (χ2v) is 4.91. The van der Waals surface area contributed by atoms with Gasteiger partial charge in [-0.15, -0.1) is 0 Å². The van der Waals surface area contributed by atoms with Crippen LogP contribution >= 0.6 is 23.4 Å². The number of aromatic nitrogens is 2. The first-order valence-corrected chi connectivity index (χ1v) is 6.89. The van der Waals surface area contributed by atoms with E-state index in [-0.39, 0.29) is 11.9 Å². The minimum absolute atomic E-state index is 0.105. The molecule has 5 nitrogen and oxygen atoms in total. The second-order valence-electron chi connectivity index (χ2n) is 3.75. The summed E-state index contributed by atoms with van der Waals surface area (Å²) in [4.78, 5) is 19.4. The molecule has 1 fully saturated rings. The van der Waals surface area contributed by atoms with Crippen LogP contribution in [0.4, 0.5) is 5.82 Å². The van der Waals surface area contributed by atoms with Gasteiger partial charge >= 0.3 is 0 Å². The molecular formula is C10H13ClN4OS. The third-order valence-corrected chi connectivity index (χ3v) is 3.22. The minimum atomic E-state index is 0.105. The highest BCUT2D eigenvalue weighted by atomic mass is 35.5. The van der Waals surface area contributed by atoms with Gasteiger partial charge in [-0.2, -0.15) is 0 Å². The molecule has 1 saturated heterocycles. The summed E-state index contributed by atoms with van der Waals surface area (Å²) in [7, 11) is 0. The second kappa shape index (κ2) is 5.55. The first-order chi connectivity index (χ1) is 8.17. The van der Waals surface area contributed by atoms with Crippen LogP contribution in [0.15, 0.2) is 11.2 Å². The van der Waals surface area contributed by atoms with Crippen molar-refractivity contribution in [2.75, 3.05) is 18.1 Å². The smallest absolute Gasteiger partial charge is 0.220 e. The highest BCUT2D eigenvalue weighted by Crippen LogP contribution is 2.18. The fourth-order valence-electron chi connectivity index (χ4n) is 1.63. The van der Waals surface area contributed by atoms with E-state index < -0.39 is 0 Å². The van der Waals surface area contributed by atoms with E-state index in [2.05, 4.69) is 20.6 Å². The van der Waals surface area contributed by atoms with Crippen molar-refractivity contribution in [3.63, 3.8) is 0 Å². The molecule has 92 valence electrons. The summed E-state index contributed by atoms with van der Waals surface area (Å²) in [5, 5.41) is 7.13. The Morgan fingerprint density at radius 1 is 1.59 bits per heavy atom. The Hall–Kier alpha value is -1.01. The number of nitrogens with one attached hydrogen (secondary N) is 2. The Morgan fingerprint density at radius 3 is 3.06 bits per heavy atom. The van der Waals surface area contributed by atoms with E-state index in [9.17, 15) is 4.79 Å². The number of hydrogen-bond acceptors (Lipinski definition) is 5. The number of thioether (sulfide) groups is 1. The molecule has 0 spiro atoms. The van der Waals surface area contributed by atoms with Gasteiger partial charge in [-0.25, -0.2) is 9.97 Å². The van der Waals surface area contributed by atoms with Crippen LogP contribution in [-0.2, 0) is 4.79 Å². The van der Waals surface area contributed by atoms with Crippen molar-refractivity contribution in [2.24, 2.45) is 0 Å². The molecule has 0 aromatic carbocycles. The summed E-state index contributed by atoms with van der Waals surface area (Å²) in [6.45, 7) is 0.620. The van der Waals surface area contributed by atoms with Crippen LogP contribution in [0.3, 0.4) is 0 Å². The maximum absolute atomic E-state index is 11.0. The van der Waals surface area contributed by atoms with Crippen LogP contribution in [0.1, 0.15) is 12.8 Å². The zero-order valence-corrected chi connectivity index (χ0v) is 10.9. The van der Waals surface area contributed by atoms with Crippen LogP contribution in [0, 0.1) is 0 Å². The molecule has 17 heavy (non-hydrogen) atoms. The van der Waals surface area contributed by atoms with E-state index in [0.29, 0.717) is 29.1 Å². The lowest BCUT2D eigenvalue weighted by Gasteiger charge is -2.23. The van der Waals surface area contributed by atoms with Gasteiger partial charge in [-0.05, 0) is 12.7 Å². The summed E-state index contributed by atoms with van der Waals surface area (Å²) in [5.41, 5.74) is 0. The molecule has 1 aliphatic heterocycles. The summed E-state index contributed by atoms with van der Waals surface area (Å²) < 4.78 is 0. The molecule has 2 rings (SSSR count). The fraction of sp³-hybridized carbons (Fsp3) is 0.500. The van der Waals surface area contributed by atoms with E-state index >= 15 is 0 Å². The molecule has 1 atom stereocenters. The molecule has 0 aliphatic carbocycles. The fourth-order valence-corrected chi connectivity index (χ4v) is 2.24. The van der Waals surface area contributed by atoms with E-state index in [1.807, 2.05) is 6.26 Å². The Balaban J connectivity index is 2.02. The number of carbonyl (C=O) groups excluding carboxylic acids is 1. The summed E-state index contributed by atoms with van der Waals surface area (Å²) in [6.07, 6.45) is 3.25. The SMILES string of the molecule is CSc1nc(Cl)cc(NC2CCC(=O)NC2)n1. The molecule has 7 heteroatoms. The Bertz CT molecular complexity index is 419. The first kappa shape index (κ1) is 12.4. The van der Waals surface area contributed by atoms with Crippen molar-refractivity contribution >= 4 is 35.1 Å². The van der Waals surface area contributed by atoms with Crippen LogP contribution in [0.25, 0.3) is 0 Å². The van der Waals surface area contributed by atoms with Gasteiger partial charge in [0.25, 0.3) is 0 Å². The van der Waals surface area contributed by atoms with Gasteiger partial charge < -0.3 is 10.6 Å². The highest BCUT2D eigenvalue weighted by molar-refractivity contribution is 7.98. The zero-order valence-electron chi connectivity index (χ0n) is 9.36. The molecular weight excluding hydrogens is 260 g/mol. The Morgan fingerprint density at radius 2 is 2.41 bits per heavy atom. The molecule has 0 bridgehead atoms. The van der Waals surface area contributed by atoms with Gasteiger partial charge in [0, 0.05) is 25.1 Å². The first-order valence-electron chi connectivity index (χ1n) is 5.29. The number of hydrogen-bond donors (Lipinski definition) is 2. The van der Waals surface area contributed by atoms with Gasteiger partial charge in [-0.1, -0.05) is 23.4 Å². The largest absolute Gasteiger partial charge is 0.365 e. The molecule has 1 unspecified atom stereocenters. The number of nitrogens with zero attached hydrogens (tertiary/aromatic N) is 2. The van der Waals surface area contributed by atoms with E-state index in [4.69, 9.17) is 11.6 Å². The van der Waals surface area contributed by atoms with E-state index in [1.165, 1.54) is 11.8 Å². The minimum Gasteiger partial charge on any atom is -0.365 e. The van der Waals surface area contributed by atoms with Gasteiger partial charge in [0.05, 0.1) is 0 Å². The molecule has 1 aliphatic rings. The molecule has 0 radical (unpaired) electrons.